The average molecular weight is 276 g/mol. The number of carbonyl (C=O) groups is 1. The number of alkyl halides is 2. The Bertz CT molecular complexity index is 495. The number of benzene rings is 1. The number of halogens is 2. The Morgan fingerprint density at radius 3 is 2.58 bits per heavy atom. The molecule has 1 rings (SSSR count). The first kappa shape index (κ1) is 14.8. The third kappa shape index (κ3) is 3.85. The van der Waals surface area contributed by atoms with E-state index in [-0.39, 0.29) is 11.3 Å². The second-order valence-corrected chi connectivity index (χ2v) is 3.58. The number of rotatable bonds is 6. The molecule has 0 aliphatic heterocycles. The third-order valence-electron chi connectivity index (χ3n) is 2.23. The predicted molar refractivity (Wildman–Crippen MR) is 60.6 cm³/mol. The molecule has 0 radical (unpaired) electrons. The van der Waals surface area contributed by atoms with Gasteiger partial charge < -0.3 is 15.5 Å². The van der Waals surface area contributed by atoms with Crippen LogP contribution >= 0.6 is 0 Å². The molecule has 0 aliphatic rings. The van der Waals surface area contributed by atoms with Crippen molar-refractivity contribution in [2.45, 2.75) is 12.5 Å². The molecule has 1 aromatic carbocycles. The fraction of sp³-hybridized carbons (Fsp3) is 0.300. The molecule has 0 amide bonds. The number of nitro benzene ring substituents is 1. The van der Waals surface area contributed by atoms with Gasteiger partial charge >= 0.3 is 5.97 Å². The van der Waals surface area contributed by atoms with Crippen molar-refractivity contribution in [2.24, 2.45) is 0 Å². The lowest BCUT2D eigenvalue weighted by molar-refractivity contribution is -0.384. The molecule has 9 heteroatoms. The summed E-state index contributed by atoms with van der Waals surface area (Å²) >= 11 is 0. The van der Waals surface area contributed by atoms with Crippen molar-refractivity contribution in [1.29, 1.82) is 0 Å². The zero-order valence-electron chi connectivity index (χ0n) is 9.42. The first-order valence-electron chi connectivity index (χ1n) is 5.04. The molecular weight excluding hydrogens is 266 g/mol. The molecule has 1 unspecified atom stereocenters. The van der Waals surface area contributed by atoms with Crippen LogP contribution in [0.3, 0.4) is 0 Å². The van der Waals surface area contributed by atoms with Gasteiger partial charge in [0.15, 0.2) is 0 Å². The summed E-state index contributed by atoms with van der Waals surface area (Å²) in [5.74, 6) is -1.31. The van der Waals surface area contributed by atoms with Crippen molar-refractivity contribution in [1.82, 2.24) is 0 Å². The molecule has 0 saturated carbocycles. The molecule has 0 spiro atoms. The lowest BCUT2D eigenvalue weighted by atomic mass is 10.1. The number of aliphatic hydroxyl groups is 1. The van der Waals surface area contributed by atoms with Gasteiger partial charge in [-0.05, 0) is 12.1 Å². The van der Waals surface area contributed by atoms with Gasteiger partial charge in [-0.25, -0.2) is 13.6 Å². The summed E-state index contributed by atoms with van der Waals surface area (Å²) in [6.45, 7) is -0.637. The molecule has 0 aromatic heterocycles. The summed E-state index contributed by atoms with van der Waals surface area (Å²) in [7, 11) is 0. The standard InChI is InChI=1S/C10H10F2N2O5/c11-9(12)8(15)4-13-6-3-5(10(16)17)1-2-7(6)14(18)19/h1-3,8-9,13,15H,4H2,(H,16,17). The van der Waals surface area contributed by atoms with Gasteiger partial charge in [0, 0.05) is 12.6 Å². The van der Waals surface area contributed by atoms with Crippen molar-refractivity contribution >= 4 is 17.3 Å². The molecule has 0 fully saturated rings. The number of anilines is 1. The second-order valence-electron chi connectivity index (χ2n) is 3.58. The molecule has 3 N–H and O–H groups in total. The van der Waals surface area contributed by atoms with E-state index < -0.39 is 35.7 Å². The van der Waals surface area contributed by atoms with E-state index in [0.29, 0.717) is 0 Å². The van der Waals surface area contributed by atoms with Crippen LogP contribution in [-0.4, -0.2) is 40.2 Å². The van der Waals surface area contributed by atoms with Gasteiger partial charge in [0.1, 0.15) is 11.8 Å². The van der Waals surface area contributed by atoms with E-state index in [4.69, 9.17) is 10.2 Å². The van der Waals surface area contributed by atoms with Gasteiger partial charge in [0.2, 0.25) is 0 Å². The van der Waals surface area contributed by atoms with Crippen molar-refractivity contribution < 1.29 is 28.7 Å². The van der Waals surface area contributed by atoms with E-state index in [9.17, 15) is 23.7 Å². The number of aromatic carboxylic acids is 1. The van der Waals surface area contributed by atoms with E-state index in [0.717, 1.165) is 18.2 Å². The van der Waals surface area contributed by atoms with E-state index in [1.165, 1.54) is 0 Å². The van der Waals surface area contributed by atoms with Crippen molar-refractivity contribution in [3.05, 3.63) is 33.9 Å². The van der Waals surface area contributed by atoms with Gasteiger partial charge in [0.05, 0.1) is 10.5 Å². The highest BCUT2D eigenvalue weighted by Gasteiger charge is 2.20. The lowest BCUT2D eigenvalue weighted by Crippen LogP contribution is -2.27. The number of aliphatic hydroxyl groups excluding tert-OH is 1. The predicted octanol–water partition coefficient (Wildman–Crippen LogP) is 1.33. The van der Waals surface area contributed by atoms with Gasteiger partial charge in [-0.3, -0.25) is 10.1 Å². The number of carboxylic acids is 1. The van der Waals surface area contributed by atoms with Crippen LogP contribution in [0.5, 0.6) is 0 Å². The monoisotopic (exact) mass is 276 g/mol. The van der Waals surface area contributed by atoms with Crippen LogP contribution in [0.15, 0.2) is 18.2 Å². The fourth-order valence-corrected chi connectivity index (χ4v) is 1.27. The van der Waals surface area contributed by atoms with Crippen LogP contribution in [0.25, 0.3) is 0 Å². The topological polar surface area (TPSA) is 113 Å². The maximum absolute atomic E-state index is 12.1. The summed E-state index contributed by atoms with van der Waals surface area (Å²) in [4.78, 5) is 20.6. The second kappa shape index (κ2) is 6.05. The Labute approximate surface area is 105 Å². The summed E-state index contributed by atoms with van der Waals surface area (Å²) in [5, 5.41) is 30.6. The Hall–Kier alpha value is -2.29. The van der Waals surface area contributed by atoms with E-state index in [2.05, 4.69) is 5.32 Å². The van der Waals surface area contributed by atoms with Gasteiger partial charge in [-0.1, -0.05) is 0 Å². The molecule has 0 aliphatic carbocycles. The average Bonchev–Trinajstić information content (AvgIpc) is 2.34. The van der Waals surface area contributed by atoms with Crippen LogP contribution in [-0.2, 0) is 0 Å². The third-order valence-corrected chi connectivity index (χ3v) is 2.23. The zero-order chi connectivity index (χ0) is 14.6. The van der Waals surface area contributed by atoms with E-state index >= 15 is 0 Å². The largest absolute Gasteiger partial charge is 0.478 e. The highest BCUT2D eigenvalue weighted by molar-refractivity contribution is 5.90. The maximum Gasteiger partial charge on any atom is 0.335 e. The summed E-state index contributed by atoms with van der Waals surface area (Å²) in [5.41, 5.74) is -0.948. The molecule has 0 saturated heterocycles. The SMILES string of the molecule is O=C(O)c1ccc([N+](=O)[O-])c(NCC(O)C(F)F)c1. The Morgan fingerprint density at radius 1 is 1.47 bits per heavy atom. The number of nitrogens with one attached hydrogen (secondary N) is 1. The van der Waals surface area contributed by atoms with Crippen molar-refractivity contribution in [3.8, 4) is 0 Å². The quantitative estimate of drug-likeness (QED) is 0.533. The van der Waals surface area contributed by atoms with Crippen LogP contribution in [0, 0.1) is 10.1 Å². The highest BCUT2D eigenvalue weighted by atomic mass is 19.3. The molecule has 7 nitrogen and oxygen atoms in total. The molecular formula is C10H10F2N2O5. The smallest absolute Gasteiger partial charge is 0.335 e. The maximum atomic E-state index is 12.1. The Balaban J connectivity index is 2.98. The minimum absolute atomic E-state index is 0.236. The summed E-state index contributed by atoms with van der Waals surface area (Å²) < 4.78 is 24.2. The molecule has 19 heavy (non-hydrogen) atoms. The normalized spacial score (nSPS) is 12.2. The van der Waals surface area contributed by atoms with Crippen molar-refractivity contribution in [3.63, 3.8) is 0 Å². The van der Waals surface area contributed by atoms with Gasteiger partial charge in [-0.2, -0.15) is 0 Å². The number of carboxylic acid groups (broad SMARTS) is 1. The number of hydrogen-bond donors (Lipinski definition) is 3. The zero-order valence-corrected chi connectivity index (χ0v) is 9.42. The van der Waals surface area contributed by atoms with Crippen LogP contribution in [0.1, 0.15) is 10.4 Å². The molecule has 0 heterocycles. The molecule has 1 aromatic rings. The van der Waals surface area contributed by atoms with Crippen LogP contribution in [0.2, 0.25) is 0 Å². The molecule has 1 atom stereocenters. The number of hydrogen-bond acceptors (Lipinski definition) is 5. The minimum atomic E-state index is -3.01. The van der Waals surface area contributed by atoms with Crippen LogP contribution < -0.4 is 5.32 Å². The van der Waals surface area contributed by atoms with Gasteiger partial charge in [0.25, 0.3) is 12.1 Å². The Morgan fingerprint density at radius 2 is 2.11 bits per heavy atom. The van der Waals surface area contributed by atoms with Gasteiger partial charge in [-0.15, -0.1) is 0 Å². The molecule has 0 bridgehead atoms. The van der Waals surface area contributed by atoms with Crippen LogP contribution in [0.4, 0.5) is 20.2 Å². The summed E-state index contributed by atoms with van der Waals surface area (Å²) in [6, 6.07) is 2.91. The first-order chi connectivity index (χ1) is 8.82. The van der Waals surface area contributed by atoms with Crippen molar-refractivity contribution in [2.75, 3.05) is 11.9 Å². The Kier molecular flexibility index (Phi) is 4.70. The first-order valence-corrected chi connectivity index (χ1v) is 5.04. The minimum Gasteiger partial charge on any atom is -0.478 e. The van der Waals surface area contributed by atoms with E-state index in [1.807, 2.05) is 0 Å². The lowest BCUT2D eigenvalue weighted by Gasteiger charge is -2.12. The number of nitrogens with zero attached hydrogens (tertiary/aromatic N) is 1. The van der Waals surface area contributed by atoms with E-state index in [1.54, 1.807) is 0 Å². The highest BCUT2D eigenvalue weighted by Crippen LogP contribution is 2.25. The molecule has 104 valence electrons. The summed E-state index contributed by atoms with van der Waals surface area (Å²) in [6.07, 6.45) is -5.01. The number of nitro groups is 1. The fourth-order valence-electron chi connectivity index (χ4n) is 1.27.